The first-order valence-corrected chi connectivity index (χ1v) is 5.45. The van der Waals surface area contributed by atoms with Crippen LogP contribution in [0.5, 0.6) is 0 Å². The molecule has 1 saturated heterocycles. The average Bonchev–Trinajstić information content (AvgIpc) is 2.46. The molecule has 1 aliphatic rings. The van der Waals surface area contributed by atoms with Gasteiger partial charge >= 0.3 is 5.97 Å². The van der Waals surface area contributed by atoms with Gasteiger partial charge in [-0.15, -0.1) is 0 Å². The predicted molar refractivity (Wildman–Crippen MR) is 55.1 cm³/mol. The van der Waals surface area contributed by atoms with Crippen molar-refractivity contribution < 1.29 is 9.53 Å². The van der Waals surface area contributed by atoms with Gasteiger partial charge in [0.05, 0.1) is 6.61 Å². The molecular weight excluding hydrogens is 180 g/mol. The van der Waals surface area contributed by atoms with E-state index in [9.17, 15) is 4.79 Å². The van der Waals surface area contributed by atoms with Crippen LogP contribution in [-0.2, 0) is 9.53 Å². The van der Waals surface area contributed by atoms with Gasteiger partial charge in [-0.3, -0.25) is 4.79 Å². The van der Waals surface area contributed by atoms with E-state index in [2.05, 4.69) is 17.6 Å². The van der Waals surface area contributed by atoms with Crippen molar-refractivity contribution in [2.24, 2.45) is 0 Å². The van der Waals surface area contributed by atoms with Gasteiger partial charge in [0.2, 0.25) is 0 Å². The highest BCUT2D eigenvalue weighted by Gasteiger charge is 2.20. The van der Waals surface area contributed by atoms with Gasteiger partial charge in [-0.1, -0.05) is 13.3 Å². The van der Waals surface area contributed by atoms with Gasteiger partial charge in [0.25, 0.3) is 0 Å². The molecule has 0 aromatic carbocycles. The Kier molecular flexibility index (Phi) is 5.56. The lowest BCUT2D eigenvalue weighted by Crippen LogP contribution is -2.43. The molecule has 0 aliphatic carbocycles. The molecule has 0 spiro atoms. The summed E-state index contributed by atoms with van der Waals surface area (Å²) in [6, 6.07) is -0.158. The topological polar surface area (TPSA) is 50.4 Å². The van der Waals surface area contributed by atoms with Crippen LogP contribution in [0.2, 0.25) is 0 Å². The van der Waals surface area contributed by atoms with Crippen molar-refractivity contribution in [3.05, 3.63) is 0 Å². The molecule has 0 radical (unpaired) electrons. The molecular formula is C10H20N2O2. The molecule has 1 fully saturated rings. The predicted octanol–water partition coefficient (Wildman–Crippen LogP) is 0.281. The van der Waals surface area contributed by atoms with Crippen molar-refractivity contribution in [3.63, 3.8) is 0 Å². The van der Waals surface area contributed by atoms with Gasteiger partial charge < -0.3 is 15.4 Å². The van der Waals surface area contributed by atoms with Crippen molar-refractivity contribution in [2.45, 2.75) is 32.2 Å². The zero-order valence-electron chi connectivity index (χ0n) is 8.84. The summed E-state index contributed by atoms with van der Waals surface area (Å²) in [5.41, 5.74) is 0. The number of ether oxygens (including phenoxy) is 1. The third-order valence-corrected chi connectivity index (χ3v) is 2.30. The molecule has 1 heterocycles. The summed E-state index contributed by atoms with van der Waals surface area (Å²) in [5.74, 6) is -0.118. The van der Waals surface area contributed by atoms with Crippen molar-refractivity contribution in [1.29, 1.82) is 0 Å². The molecule has 1 rings (SSSR count). The van der Waals surface area contributed by atoms with Crippen LogP contribution in [0.4, 0.5) is 0 Å². The van der Waals surface area contributed by atoms with Gasteiger partial charge in [-0.2, -0.15) is 0 Å². The van der Waals surface area contributed by atoms with Gasteiger partial charge in [-0.25, -0.2) is 0 Å². The second-order valence-corrected chi connectivity index (χ2v) is 3.59. The molecule has 14 heavy (non-hydrogen) atoms. The maximum atomic E-state index is 11.5. The molecule has 82 valence electrons. The summed E-state index contributed by atoms with van der Waals surface area (Å²) in [4.78, 5) is 11.5. The maximum Gasteiger partial charge on any atom is 0.324 e. The first-order valence-electron chi connectivity index (χ1n) is 5.45. The highest BCUT2D eigenvalue weighted by atomic mass is 16.5. The fraction of sp³-hybridized carbons (Fsp3) is 0.900. The van der Waals surface area contributed by atoms with Crippen LogP contribution < -0.4 is 10.6 Å². The Morgan fingerprint density at radius 3 is 3.14 bits per heavy atom. The number of nitrogens with one attached hydrogen (secondary N) is 2. The monoisotopic (exact) mass is 200 g/mol. The van der Waals surface area contributed by atoms with E-state index >= 15 is 0 Å². The molecule has 0 saturated carbocycles. The van der Waals surface area contributed by atoms with Gasteiger partial charge in [-0.05, 0) is 25.9 Å². The molecule has 2 N–H and O–H groups in total. The van der Waals surface area contributed by atoms with Crippen molar-refractivity contribution in [3.8, 4) is 0 Å². The minimum atomic E-state index is -0.158. The summed E-state index contributed by atoms with van der Waals surface area (Å²) in [5, 5.41) is 6.38. The van der Waals surface area contributed by atoms with E-state index in [1.807, 2.05) is 0 Å². The summed E-state index contributed by atoms with van der Waals surface area (Å²) in [6.45, 7) is 5.18. The zero-order chi connectivity index (χ0) is 10.2. The molecule has 0 aromatic heterocycles. The number of unbranched alkanes of at least 4 members (excludes halogenated alkanes) is 1. The normalized spacial score (nSPS) is 22.8. The minimum absolute atomic E-state index is 0.118. The Bertz CT molecular complexity index is 166. The van der Waals surface area contributed by atoms with E-state index in [0.717, 1.165) is 32.4 Å². The second-order valence-electron chi connectivity index (χ2n) is 3.59. The standard InChI is InChI=1S/C10H20N2O2/c1-2-3-7-14-10(13)9-8-11-5-4-6-12-9/h9,11-12H,2-8H2,1H3. The fourth-order valence-corrected chi connectivity index (χ4v) is 1.39. The molecule has 1 atom stereocenters. The number of carbonyl (C=O) groups excluding carboxylic acids is 1. The summed E-state index contributed by atoms with van der Waals surface area (Å²) in [7, 11) is 0. The number of carbonyl (C=O) groups is 1. The summed E-state index contributed by atoms with van der Waals surface area (Å²) in [6.07, 6.45) is 3.08. The highest BCUT2D eigenvalue weighted by molar-refractivity contribution is 5.76. The second kappa shape index (κ2) is 6.79. The third-order valence-electron chi connectivity index (χ3n) is 2.30. The fourth-order valence-electron chi connectivity index (χ4n) is 1.39. The van der Waals surface area contributed by atoms with Crippen molar-refractivity contribution in [2.75, 3.05) is 26.2 Å². The number of rotatable bonds is 4. The van der Waals surface area contributed by atoms with Gasteiger partial charge in [0.1, 0.15) is 6.04 Å². The van der Waals surface area contributed by atoms with Gasteiger partial charge in [0, 0.05) is 6.54 Å². The molecule has 4 heteroatoms. The lowest BCUT2D eigenvalue weighted by atomic mass is 10.3. The Balaban J connectivity index is 2.20. The molecule has 0 bridgehead atoms. The lowest BCUT2D eigenvalue weighted by Gasteiger charge is -2.14. The largest absolute Gasteiger partial charge is 0.464 e. The van der Waals surface area contributed by atoms with E-state index in [0.29, 0.717) is 13.2 Å². The van der Waals surface area contributed by atoms with Crippen LogP contribution in [-0.4, -0.2) is 38.3 Å². The third kappa shape index (κ3) is 4.07. The molecule has 0 amide bonds. The van der Waals surface area contributed by atoms with Gasteiger partial charge in [0.15, 0.2) is 0 Å². The Morgan fingerprint density at radius 2 is 2.36 bits per heavy atom. The Hall–Kier alpha value is -0.610. The van der Waals surface area contributed by atoms with Crippen molar-refractivity contribution >= 4 is 5.97 Å². The van der Waals surface area contributed by atoms with Crippen LogP contribution in [0, 0.1) is 0 Å². The molecule has 4 nitrogen and oxygen atoms in total. The van der Waals surface area contributed by atoms with Crippen LogP contribution in [0.1, 0.15) is 26.2 Å². The smallest absolute Gasteiger partial charge is 0.324 e. The number of hydrogen-bond acceptors (Lipinski definition) is 4. The lowest BCUT2D eigenvalue weighted by molar-refractivity contribution is -0.146. The molecule has 1 unspecified atom stereocenters. The van der Waals surface area contributed by atoms with E-state index in [4.69, 9.17) is 4.74 Å². The van der Waals surface area contributed by atoms with Crippen LogP contribution >= 0.6 is 0 Å². The summed E-state index contributed by atoms with van der Waals surface area (Å²) < 4.78 is 5.14. The number of esters is 1. The van der Waals surface area contributed by atoms with E-state index in [1.165, 1.54) is 0 Å². The summed E-state index contributed by atoms with van der Waals surface area (Å²) >= 11 is 0. The quantitative estimate of drug-likeness (QED) is 0.505. The van der Waals surface area contributed by atoms with E-state index < -0.39 is 0 Å². The van der Waals surface area contributed by atoms with E-state index in [-0.39, 0.29) is 12.0 Å². The SMILES string of the molecule is CCCCOC(=O)C1CNCCCN1. The Labute approximate surface area is 85.4 Å². The maximum absolute atomic E-state index is 11.5. The first kappa shape index (κ1) is 11.5. The first-order chi connectivity index (χ1) is 6.84. The average molecular weight is 200 g/mol. The van der Waals surface area contributed by atoms with E-state index in [1.54, 1.807) is 0 Å². The number of hydrogen-bond donors (Lipinski definition) is 2. The minimum Gasteiger partial charge on any atom is -0.464 e. The Morgan fingerprint density at radius 1 is 1.50 bits per heavy atom. The van der Waals surface area contributed by atoms with Crippen LogP contribution in [0.15, 0.2) is 0 Å². The van der Waals surface area contributed by atoms with Crippen molar-refractivity contribution in [1.82, 2.24) is 10.6 Å². The zero-order valence-corrected chi connectivity index (χ0v) is 8.84. The molecule has 1 aliphatic heterocycles. The highest BCUT2D eigenvalue weighted by Crippen LogP contribution is 1.95. The molecule has 0 aromatic rings. The van der Waals surface area contributed by atoms with Crippen LogP contribution in [0.3, 0.4) is 0 Å². The van der Waals surface area contributed by atoms with Crippen LogP contribution in [0.25, 0.3) is 0 Å².